The van der Waals surface area contributed by atoms with Gasteiger partial charge in [-0.1, -0.05) is 11.8 Å². The fraction of sp³-hybridized carbons (Fsp3) is 0.444. The number of thioether (sulfide) groups is 1. The molecule has 1 fully saturated rings. The molecule has 0 saturated heterocycles. The molecule has 0 N–H and O–H groups in total. The van der Waals surface area contributed by atoms with Crippen LogP contribution in [0.15, 0.2) is 21.1 Å². The number of hydrogen-bond acceptors (Lipinski definition) is 7. The third kappa shape index (κ3) is 3.61. The normalized spacial score (nSPS) is 14.1. The van der Waals surface area contributed by atoms with Gasteiger partial charge in [0.1, 0.15) is 0 Å². The first-order valence-electron chi connectivity index (χ1n) is 8.59. The van der Waals surface area contributed by atoms with Gasteiger partial charge in [-0.25, -0.2) is 4.98 Å². The van der Waals surface area contributed by atoms with Gasteiger partial charge in [0.2, 0.25) is 5.89 Å². The van der Waals surface area contributed by atoms with Crippen LogP contribution in [-0.4, -0.2) is 31.3 Å². The predicted octanol–water partition coefficient (Wildman–Crippen LogP) is 4.15. The molecule has 3 heterocycles. The largest absolute Gasteiger partial charge is 0.416 e. The third-order valence-corrected chi connectivity index (χ3v) is 6.11. The standard InChI is InChI=1S/C18H20N4O2S2/c1-10-6-15(11(2)22(10)14-4-5-14)16(23)9-26-18-21-20-17(24-18)7-13-8-25-12(3)19-13/h6,8,14H,4-5,7,9H2,1-3H3. The molecule has 0 aliphatic heterocycles. The summed E-state index contributed by atoms with van der Waals surface area (Å²) >= 11 is 2.89. The molecule has 6 nitrogen and oxygen atoms in total. The number of carbonyl (C=O) groups is 1. The summed E-state index contributed by atoms with van der Waals surface area (Å²) in [5, 5.41) is 11.5. The van der Waals surface area contributed by atoms with Gasteiger partial charge in [0, 0.05) is 28.4 Å². The van der Waals surface area contributed by atoms with Crippen LogP contribution in [0.3, 0.4) is 0 Å². The highest BCUT2D eigenvalue weighted by molar-refractivity contribution is 7.99. The number of rotatable bonds is 7. The van der Waals surface area contributed by atoms with E-state index < -0.39 is 0 Å². The number of thiazole rings is 1. The first-order valence-corrected chi connectivity index (χ1v) is 10.5. The van der Waals surface area contributed by atoms with Crippen molar-refractivity contribution < 1.29 is 9.21 Å². The summed E-state index contributed by atoms with van der Waals surface area (Å²) in [6, 6.07) is 2.58. The van der Waals surface area contributed by atoms with Crippen LogP contribution in [0.5, 0.6) is 0 Å². The van der Waals surface area contributed by atoms with E-state index in [1.807, 2.05) is 25.3 Å². The van der Waals surface area contributed by atoms with Crippen molar-refractivity contribution >= 4 is 28.9 Å². The second-order valence-electron chi connectivity index (χ2n) is 6.59. The van der Waals surface area contributed by atoms with Gasteiger partial charge in [-0.2, -0.15) is 0 Å². The van der Waals surface area contributed by atoms with Gasteiger partial charge in [0.25, 0.3) is 5.22 Å². The molecule has 0 aromatic carbocycles. The van der Waals surface area contributed by atoms with Crippen molar-refractivity contribution in [3.8, 4) is 0 Å². The fourth-order valence-corrected chi connectivity index (χ4v) is 4.45. The Balaban J connectivity index is 1.38. The summed E-state index contributed by atoms with van der Waals surface area (Å²) in [6.45, 7) is 6.07. The molecule has 1 aliphatic carbocycles. The monoisotopic (exact) mass is 388 g/mol. The van der Waals surface area contributed by atoms with E-state index in [-0.39, 0.29) is 5.78 Å². The minimum atomic E-state index is 0.102. The average molecular weight is 389 g/mol. The highest BCUT2D eigenvalue weighted by Gasteiger charge is 2.28. The molecular formula is C18H20N4O2S2. The van der Waals surface area contributed by atoms with Gasteiger partial charge in [-0.15, -0.1) is 21.5 Å². The minimum Gasteiger partial charge on any atom is -0.416 e. The minimum absolute atomic E-state index is 0.102. The first kappa shape index (κ1) is 17.5. The van der Waals surface area contributed by atoms with E-state index in [1.54, 1.807) is 11.3 Å². The van der Waals surface area contributed by atoms with Gasteiger partial charge >= 0.3 is 0 Å². The molecule has 8 heteroatoms. The van der Waals surface area contributed by atoms with Crippen molar-refractivity contribution in [3.63, 3.8) is 0 Å². The first-order chi connectivity index (χ1) is 12.5. The van der Waals surface area contributed by atoms with E-state index in [1.165, 1.54) is 24.6 Å². The molecule has 1 aliphatic rings. The van der Waals surface area contributed by atoms with Gasteiger partial charge in [0.05, 0.1) is 22.9 Å². The summed E-state index contributed by atoms with van der Waals surface area (Å²) in [4.78, 5) is 17.0. The quantitative estimate of drug-likeness (QED) is 0.447. The van der Waals surface area contributed by atoms with Crippen molar-refractivity contribution in [1.29, 1.82) is 0 Å². The van der Waals surface area contributed by atoms with E-state index in [4.69, 9.17) is 4.42 Å². The van der Waals surface area contributed by atoms with Crippen molar-refractivity contribution in [2.24, 2.45) is 0 Å². The molecule has 0 radical (unpaired) electrons. The van der Waals surface area contributed by atoms with E-state index in [9.17, 15) is 4.79 Å². The number of aryl methyl sites for hydroxylation is 2. The van der Waals surface area contributed by atoms with E-state index in [0.29, 0.717) is 29.3 Å². The Hall–Kier alpha value is -1.93. The van der Waals surface area contributed by atoms with Crippen LogP contribution in [0, 0.1) is 20.8 Å². The molecule has 1 saturated carbocycles. The summed E-state index contributed by atoms with van der Waals surface area (Å²) in [6.07, 6.45) is 2.94. The van der Waals surface area contributed by atoms with Crippen LogP contribution in [0.2, 0.25) is 0 Å². The van der Waals surface area contributed by atoms with E-state index in [0.717, 1.165) is 27.7 Å². The highest BCUT2D eigenvalue weighted by atomic mass is 32.2. The zero-order valence-electron chi connectivity index (χ0n) is 15.0. The van der Waals surface area contributed by atoms with E-state index in [2.05, 4.69) is 26.7 Å². The van der Waals surface area contributed by atoms with Crippen molar-refractivity contribution in [2.75, 3.05) is 5.75 Å². The maximum absolute atomic E-state index is 12.6. The summed E-state index contributed by atoms with van der Waals surface area (Å²) in [5.74, 6) is 0.925. The second kappa shape index (κ2) is 7.00. The number of ketones is 1. The van der Waals surface area contributed by atoms with E-state index >= 15 is 0 Å². The lowest BCUT2D eigenvalue weighted by Crippen LogP contribution is -2.05. The van der Waals surface area contributed by atoms with Crippen molar-refractivity contribution in [3.05, 3.63) is 45.0 Å². The predicted molar refractivity (Wildman–Crippen MR) is 101 cm³/mol. The number of carbonyl (C=O) groups excluding carboxylic acids is 1. The molecule has 26 heavy (non-hydrogen) atoms. The number of nitrogens with zero attached hydrogens (tertiary/aromatic N) is 4. The van der Waals surface area contributed by atoms with Gasteiger partial charge < -0.3 is 8.98 Å². The Kier molecular flexibility index (Phi) is 4.71. The molecule has 136 valence electrons. The SMILES string of the molecule is Cc1nc(Cc2nnc(SCC(=O)c3cc(C)n(C4CC4)c3C)o2)cs1. The molecule has 0 amide bonds. The Morgan fingerprint density at radius 1 is 1.35 bits per heavy atom. The number of hydrogen-bond donors (Lipinski definition) is 0. The van der Waals surface area contributed by atoms with Gasteiger partial charge in [0.15, 0.2) is 5.78 Å². The Bertz CT molecular complexity index is 952. The number of Topliss-reactive ketones (excluding diaryl/α,β-unsaturated/α-hetero) is 1. The van der Waals surface area contributed by atoms with Crippen LogP contribution in [0.1, 0.15) is 57.2 Å². The van der Waals surface area contributed by atoms with Gasteiger partial charge in [-0.3, -0.25) is 4.79 Å². The van der Waals surface area contributed by atoms with Crippen LogP contribution in [0.4, 0.5) is 0 Å². The van der Waals surface area contributed by atoms with Crippen LogP contribution in [-0.2, 0) is 6.42 Å². The lowest BCUT2D eigenvalue weighted by Gasteiger charge is -2.07. The Labute approximate surface area is 160 Å². The second-order valence-corrected chi connectivity index (χ2v) is 8.58. The van der Waals surface area contributed by atoms with Gasteiger partial charge in [-0.05, 0) is 39.7 Å². The lowest BCUT2D eigenvalue weighted by atomic mass is 10.2. The van der Waals surface area contributed by atoms with Crippen LogP contribution >= 0.6 is 23.1 Å². The Morgan fingerprint density at radius 3 is 2.85 bits per heavy atom. The molecular weight excluding hydrogens is 368 g/mol. The molecule has 0 spiro atoms. The fourth-order valence-electron chi connectivity index (χ4n) is 3.17. The van der Waals surface area contributed by atoms with Crippen molar-refractivity contribution in [2.45, 2.75) is 51.3 Å². The molecule has 0 atom stereocenters. The maximum atomic E-state index is 12.6. The maximum Gasteiger partial charge on any atom is 0.277 e. The molecule has 3 aromatic heterocycles. The third-order valence-electron chi connectivity index (χ3n) is 4.47. The smallest absolute Gasteiger partial charge is 0.277 e. The molecule has 0 bridgehead atoms. The summed E-state index contributed by atoms with van der Waals surface area (Å²) in [7, 11) is 0. The average Bonchev–Trinajstić information content (AvgIpc) is 3.06. The topological polar surface area (TPSA) is 73.8 Å². The highest BCUT2D eigenvalue weighted by Crippen LogP contribution is 2.38. The molecule has 0 unspecified atom stereocenters. The zero-order valence-corrected chi connectivity index (χ0v) is 16.6. The van der Waals surface area contributed by atoms with Crippen molar-refractivity contribution in [1.82, 2.24) is 19.7 Å². The lowest BCUT2D eigenvalue weighted by molar-refractivity contribution is 0.102. The number of aromatic nitrogens is 4. The molecule has 4 rings (SSSR count). The van der Waals surface area contributed by atoms with Crippen LogP contribution in [0.25, 0.3) is 0 Å². The summed E-state index contributed by atoms with van der Waals surface area (Å²) < 4.78 is 7.93. The zero-order chi connectivity index (χ0) is 18.3. The van der Waals surface area contributed by atoms with Crippen LogP contribution < -0.4 is 0 Å². The summed E-state index contributed by atoms with van der Waals surface area (Å²) in [5.41, 5.74) is 3.97. The Morgan fingerprint density at radius 2 is 2.15 bits per heavy atom. The molecule has 3 aromatic rings.